The monoisotopic (exact) mass is 260 g/mol. The van der Waals surface area contributed by atoms with Gasteiger partial charge in [0, 0.05) is 18.7 Å². The summed E-state index contributed by atoms with van der Waals surface area (Å²) < 4.78 is 4.59. The average molecular weight is 260 g/mol. The number of carbonyl (C=O) groups is 2. The minimum atomic E-state index is -0.619. The van der Waals surface area contributed by atoms with E-state index in [1.54, 1.807) is 24.3 Å². The first-order valence-corrected chi connectivity index (χ1v) is 5.45. The highest BCUT2D eigenvalue weighted by Gasteiger charge is 2.20. The summed E-state index contributed by atoms with van der Waals surface area (Å²) in [5.74, 6) is -0.197. The van der Waals surface area contributed by atoms with E-state index >= 15 is 0 Å². The van der Waals surface area contributed by atoms with Crippen molar-refractivity contribution < 1.29 is 14.1 Å². The zero-order chi connectivity index (χ0) is 13.8. The zero-order valence-corrected chi connectivity index (χ0v) is 10.2. The highest BCUT2D eigenvalue weighted by atomic mass is 16.5. The molecular weight excluding hydrogens is 248 g/mol. The normalized spacial score (nSPS) is 9.95. The van der Waals surface area contributed by atoms with Gasteiger partial charge in [-0.25, -0.2) is 9.69 Å². The molecule has 1 aromatic carbocycles. The number of aromatic nitrogens is 1. The summed E-state index contributed by atoms with van der Waals surface area (Å²) in [6.45, 7) is 1.29. The molecule has 1 heterocycles. The smallest absolute Gasteiger partial charge is 0.334 e. The fraction of sp³-hybridized carbons (Fsp3) is 0.0833. The van der Waals surface area contributed by atoms with Crippen molar-refractivity contribution in [2.75, 3.05) is 16.0 Å². The molecule has 0 atom stereocenters. The first-order chi connectivity index (χ1) is 9.08. The number of nitrogens with two attached hydrogens (primary N) is 1. The fourth-order valence-corrected chi connectivity index (χ4v) is 1.51. The van der Waals surface area contributed by atoms with Crippen LogP contribution in [-0.2, 0) is 4.79 Å². The summed E-state index contributed by atoms with van der Waals surface area (Å²) in [5, 5.41) is 5.99. The predicted molar refractivity (Wildman–Crippen MR) is 69.5 cm³/mol. The van der Waals surface area contributed by atoms with Gasteiger partial charge in [0.2, 0.25) is 5.91 Å². The van der Waals surface area contributed by atoms with Crippen molar-refractivity contribution in [2.45, 2.75) is 6.92 Å². The summed E-state index contributed by atoms with van der Waals surface area (Å²) in [5.41, 5.74) is 6.53. The summed E-state index contributed by atoms with van der Waals surface area (Å²) in [4.78, 5) is 24.6. The zero-order valence-electron chi connectivity index (χ0n) is 10.2. The average Bonchev–Trinajstić information content (AvgIpc) is 2.84. The van der Waals surface area contributed by atoms with Crippen LogP contribution in [-0.4, -0.2) is 17.1 Å². The summed E-state index contributed by atoms with van der Waals surface area (Å²) >= 11 is 0. The lowest BCUT2D eigenvalue weighted by Crippen LogP contribution is -2.38. The second-order valence-electron chi connectivity index (χ2n) is 3.76. The van der Waals surface area contributed by atoms with Crippen LogP contribution in [0.25, 0.3) is 0 Å². The van der Waals surface area contributed by atoms with Gasteiger partial charge < -0.3 is 10.3 Å². The lowest BCUT2D eigenvalue weighted by atomic mass is 10.2. The third-order valence-corrected chi connectivity index (χ3v) is 2.34. The number of rotatable bonds is 2. The van der Waals surface area contributed by atoms with Crippen LogP contribution in [0.4, 0.5) is 22.0 Å². The number of nitrogens with zero attached hydrogens (tertiary/aromatic N) is 2. The summed E-state index contributed by atoms with van der Waals surface area (Å²) in [6, 6.07) is 7.23. The number of benzene rings is 1. The van der Waals surface area contributed by atoms with Crippen LogP contribution in [0.2, 0.25) is 0 Å². The van der Waals surface area contributed by atoms with Crippen LogP contribution in [0, 0.1) is 0 Å². The van der Waals surface area contributed by atoms with Crippen molar-refractivity contribution in [1.29, 1.82) is 0 Å². The standard InChI is InChI=1S/C12H12N4O3/c1-8(17)16(10-4-2-9(13)3-5-10)12(18)14-11-6-7-19-15-11/h2-7H,13H2,1H3,(H,14,15,18). The highest BCUT2D eigenvalue weighted by molar-refractivity contribution is 6.17. The summed E-state index contributed by atoms with van der Waals surface area (Å²) in [6.07, 6.45) is 1.32. The Balaban J connectivity index is 2.22. The Kier molecular flexibility index (Phi) is 3.46. The van der Waals surface area contributed by atoms with E-state index in [9.17, 15) is 9.59 Å². The van der Waals surface area contributed by atoms with Gasteiger partial charge >= 0.3 is 6.03 Å². The Morgan fingerprint density at radius 3 is 2.47 bits per heavy atom. The molecule has 3 N–H and O–H groups in total. The van der Waals surface area contributed by atoms with Crippen LogP contribution in [0.5, 0.6) is 0 Å². The molecule has 0 saturated carbocycles. The molecule has 98 valence electrons. The molecule has 0 radical (unpaired) electrons. The minimum absolute atomic E-state index is 0.228. The van der Waals surface area contributed by atoms with Crippen LogP contribution < -0.4 is 16.0 Å². The molecule has 0 aliphatic carbocycles. The fourth-order valence-electron chi connectivity index (χ4n) is 1.51. The second-order valence-corrected chi connectivity index (χ2v) is 3.76. The molecule has 0 saturated heterocycles. The van der Waals surface area contributed by atoms with E-state index in [0.29, 0.717) is 11.4 Å². The van der Waals surface area contributed by atoms with Crippen molar-refractivity contribution in [2.24, 2.45) is 0 Å². The lowest BCUT2D eigenvalue weighted by molar-refractivity contribution is -0.115. The third-order valence-electron chi connectivity index (χ3n) is 2.34. The Hall–Kier alpha value is -2.83. The molecule has 7 heteroatoms. The molecule has 19 heavy (non-hydrogen) atoms. The van der Waals surface area contributed by atoms with Gasteiger partial charge in [0.05, 0.1) is 5.69 Å². The van der Waals surface area contributed by atoms with Gasteiger partial charge in [-0.3, -0.25) is 10.1 Å². The molecule has 2 aromatic rings. The number of hydrogen-bond acceptors (Lipinski definition) is 5. The van der Waals surface area contributed by atoms with E-state index < -0.39 is 11.9 Å². The number of urea groups is 1. The number of imide groups is 1. The summed E-state index contributed by atoms with van der Waals surface area (Å²) in [7, 11) is 0. The second kappa shape index (κ2) is 5.21. The van der Waals surface area contributed by atoms with Crippen LogP contribution in [0.15, 0.2) is 41.1 Å². The van der Waals surface area contributed by atoms with Crippen molar-refractivity contribution >= 4 is 29.1 Å². The number of hydrogen-bond donors (Lipinski definition) is 2. The van der Waals surface area contributed by atoms with Gasteiger partial charge in [0.15, 0.2) is 5.82 Å². The maximum absolute atomic E-state index is 12.0. The van der Waals surface area contributed by atoms with Crippen LogP contribution in [0.3, 0.4) is 0 Å². The molecule has 7 nitrogen and oxygen atoms in total. The van der Waals surface area contributed by atoms with Gasteiger partial charge in [-0.15, -0.1) is 0 Å². The van der Waals surface area contributed by atoms with Gasteiger partial charge in [-0.05, 0) is 24.3 Å². The highest BCUT2D eigenvalue weighted by Crippen LogP contribution is 2.18. The number of nitrogens with one attached hydrogen (secondary N) is 1. The number of amides is 3. The van der Waals surface area contributed by atoms with E-state index in [0.717, 1.165) is 4.90 Å². The third kappa shape index (κ3) is 2.89. The quantitative estimate of drug-likeness (QED) is 0.802. The largest absolute Gasteiger partial charge is 0.399 e. The number of carbonyl (C=O) groups excluding carboxylic acids is 2. The molecule has 0 spiro atoms. The van der Waals surface area contributed by atoms with Crippen molar-refractivity contribution in [3.05, 3.63) is 36.6 Å². The van der Waals surface area contributed by atoms with E-state index in [-0.39, 0.29) is 5.82 Å². The molecule has 1 aromatic heterocycles. The first-order valence-electron chi connectivity index (χ1n) is 5.45. The molecule has 0 aliphatic rings. The van der Waals surface area contributed by atoms with Crippen LogP contribution in [0.1, 0.15) is 6.92 Å². The maximum Gasteiger partial charge on any atom is 0.334 e. The Morgan fingerprint density at radius 1 is 1.26 bits per heavy atom. The van der Waals surface area contributed by atoms with E-state index in [1.807, 2.05) is 0 Å². The number of nitrogen functional groups attached to an aromatic ring is 1. The lowest BCUT2D eigenvalue weighted by Gasteiger charge is -2.19. The van der Waals surface area contributed by atoms with E-state index in [4.69, 9.17) is 5.73 Å². The molecule has 0 unspecified atom stereocenters. The molecule has 0 fully saturated rings. The first kappa shape index (κ1) is 12.6. The van der Waals surface area contributed by atoms with Gasteiger partial charge in [0.1, 0.15) is 6.26 Å². The van der Waals surface area contributed by atoms with Crippen molar-refractivity contribution in [3.63, 3.8) is 0 Å². The Labute approximate surface area is 109 Å². The molecule has 3 amide bonds. The minimum Gasteiger partial charge on any atom is -0.399 e. The Bertz CT molecular complexity index is 578. The van der Waals surface area contributed by atoms with E-state index in [2.05, 4.69) is 15.0 Å². The van der Waals surface area contributed by atoms with Gasteiger partial charge in [-0.2, -0.15) is 0 Å². The van der Waals surface area contributed by atoms with Crippen molar-refractivity contribution in [3.8, 4) is 0 Å². The molecular formula is C12H12N4O3. The molecule has 2 rings (SSSR count). The topological polar surface area (TPSA) is 101 Å². The van der Waals surface area contributed by atoms with Gasteiger partial charge in [-0.1, -0.05) is 5.16 Å². The SMILES string of the molecule is CC(=O)N(C(=O)Nc1ccon1)c1ccc(N)cc1. The maximum atomic E-state index is 12.0. The number of anilines is 3. The Morgan fingerprint density at radius 2 is 1.95 bits per heavy atom. The van der Waals surface area contributed by atoms with Gasteiger partial charge in [0.25, 0.3) is 0 Å². The predicted octanol–water partition coefficient (Wildman–Crippen LogP) is 1.84. The van der Waals surface area contributed by atoms with E-state index in [1.165, 1.54) is 19.3 Å². The van der Waals surface area contributed by atoms with Crippen molar-refractivity contribution in [1.82, 2.24) is 5.16 Å². The molecule has 0 aliphatic heterocycles. The molecule has 0 bridgehead atoms. The van der Waals surface area contributed by atoms with Crippen LogP contribution >= 0.6 is 0 Å².